The monoisotopic (exact) mass is 330 g/mol. The molecule has 122 valence electrons. The Balaban J connectivity index is 1.85. The van der Waals surface area contributed by atoms with E-state index in [1.165, 1.54) is 44.5 Å². The lowest BCUT2D eigenvalue weighted by atomic mass is 9.69. The minimum atomic E-state index is -0.190. The average Bonchev–Trinajstić information content (AvgIpc) is 3.00. The van der Waals surface area contributed by atoms with E-state index < -0.39 is 0 Å². The van der Waals surface area contributed by atoms with Gasteiger partial charge in [-0.25, -0.2) is 0 Å². The highest BCUT2D eigenvalue weighted by Gasteiger charge is 2.51. The molecule has 0 radical (unpaired) electrons. The molecule has 0 N–H and O–H groups in total. The van der Waals surface area contributed by atoms with Gasteiger partial charge in [0, 0.05) is 0 Å². The predicted octanol–water partition coefficient (Wildman–Crippen LogP) is 6.28. The Morgan fingerprint density at radius 1 is 0.538 bits per heavy atom. The van der Waals surface area contributed by atoms with Crippen LogP contribution in [0.1, 0.15) is 28.7 Å². The third kappa shape index (κ3) is 1.51. The van der Waals surface area contributed by atoms with E-state index in [9.17, 15) is 0 Å². The van der Waals surface area contributed by atoms with Gasteiger partial charge in [-0.15, -0.1) is 0 Å². The summed E-state index contributed by atoms with van der Waals surface area (Å²) >= 11 is 0. The Labute approximate surface area is 153 Å². The van der Waals surface area contributed by atoms with Gasteiger partial charge in [-0.1, -0.05) is 97.1 Å². The maximum Gasteiger partial charge on any atom is 0.0725 e. The van der Waals surface area contributed by atoms with Crippen LogP contribution >= 0.6 is 0 Å². The van der Waals surface area contributed by atoms with E-state index >= 15 is 0 Å². The lowest BCUT2D eigenvalue weighted by Crippen LogP contribution is -2.26. The van der Waals surface area contributed by atoms with Crippen molar-refractivity contribution >= 4 is 5.57 Å². The van der Waals surface area contributed by atoms with Gasteiger partial charge in [0.05, 0.1) is 5.41 Å². The number of benzene rings is 3. The van der Waals surface area contributed by atoms with Crippen molar-refractivity contribution in [1.82, 2.24) is 0 Å². The smallest absolute Gasteiger partial charge is 0.0725 e. The van der Waals surface area contributed by atoms with Crippen molar-refractivity contribution in [1.29, 1.82) is 0 Å². The second kappa shape index (κ2) is 4.95. The Morgan fingerprint density at radius 3 is 1.69 bits per heavy atom. The van der Waals surface area contributed by atoms with E-state index in [0.29, 0.717) is 0 Å². The minimum absolute atomic E-state index is 0.190. The molecule has 0 saturated heterocycles. The summed E-state index contributed by atoms with van der Waals surface area (Å²) in [6, 6.07) is 26.9. The average molecular weight is 330 g/mol. The highest BCUT2D eigenvalue weighted by Crippen LogP contribution is 2.62. The first kappa shape index (κ1) is 14.1. The van der Waals surface area contributed by atoms with E-state index in [1.54, 1.807) is 0 Å². The van der Waals surface area contributed by atoms with Gasteiger partial charge in [-0.3, -0.25) is 0 Å². The molecule has 0 atom stereocenters. The van der Waals surface area contributed by atoms with Gasteiger partial charge in [-0.2, -0.15) is 0 Å². The molecule has 0 amide bonds. The van der Waals surface area contributed by atoms with Gasteiger partial charge >= 0.3 is 0 Å². The summed E-state index contributed by atoms with van der Waals surface area (Å²) in [6.07, 6.45) is 10.3. The Kier molecular flexibility index (Phi) is 2.69. The minimum Gasteiger partial charge on any atom is -0.0804 e. The van der Waals surface area contributed by atoms with Crippen molar-refractivity contribution in [2.45, 2.75) is 11.8 Å². The molecule has 0 aliphatic heterocycles. The summed E-state index contributed by atoms with van der Waals surface area (Å²) < 4.78 is 0. The number of fused-ring (bicyclic) bond motifs is 9. The predicted molar refractivity (Wildman–Crippen MR) is 108 cm³/mol. The van der Waals surface area contributed by atoms with Crippen LogP contribution in [0.3, 0.4) is 0 Å². The van der Waals surface area contributed by atoms with E-state index in [1.807, 2.05) is 0 Å². The topological polar surface area (TPSA) is 0 Å². The molecule has 3 aromatic carbocycles. The van der Waals surface area contributed by atoms with Crippen molar-refractivity contribution in [2.24, 2.45) is 0 Å². The van der Waals surface area contributed by atoms with E-state index in [-0.39, 0.29) is 5.41 Å². The zero-order chi connectivity index (χ0) is 17.1. The quantitative estimate of drug-likeness (QED) is 0.455. The molecule has 3 aliphatic carbocycles. The summed E-state index contributed by atoms with van der Waals surface area (Å²) in [5.74, 6) is 0. The van der Waals surface area contributed by atoms with Crippen molar-refractivity contribution < 1.29 is 0 Å². The molecule has 26 heavy (non-hydrogen) atoms. The first-order chi connectivity index (χ1) is 12.9. The molecule has 6 rings (SSSR count). The number of hydrogen-bond acceptors (Lipinski definition) is 0. The molecule has 0 bridgehead atoms. The summed E-state index contributed by atoms with van der Waals surface area (Å²) in [5, 5.41) is 0. The summed E-state index contributed by atoms with van der Waals surface area (Å²) in [6.45, 7) is 0. The molecule has 3 aliphatic rings. The van der Waals surface area contributed by atoms with Crippen LogP contribution < -0.4 is 0 Å². The normalized spacial score (nSPS) is 17.7. The van der Waals surface area contributed by atoms with Crippen LogP contribution in [0.2, 0.25) is 0 Å². The van der Waals surface area contributed by atoms with E-state index in [0.717, 1.165) is 6.42 Å². The molecular formula is C26H18. The van der Waals surface area contributed by atoms with Gasteiger partial charge in [0.25, 0.3) is 0 Å². The fourth-order valence-corrected chi connectivity index (χ4v) is 5.20. The number of allylic oxidation sites excluding steroid dienone is 6. The maximum absolute atomic E-state index is 2.37. The molecule has 0 heterocycles. The SMILES string of the molecule is C1=CC2=C(C=CC1)C1(c3ccccc32)c2ccccc2-c2ccccc21. The van der Waals surface area contributed by atoms with Crippen LogP contribution in [0.15, 0.2) is 103 Å². The summed E-state index contributed by atoms with van der Waals surface area (Å²) in [5.41, 5.74) is 11.0. The van der Waals surface area contributed by atoms with Crippen molar-refractivity contribution in [3.63, 3.8) is 0 Å². The Morgan fingerprint density at radius 2 is 1.04 bits per heavy atom. The zero-order valence-electron chi connectivity index (χ0n) is 14.4. The molecule has 0 unspecified atom stereocenters. The lowest BCUT2D eigenvalue weighted by molar-refractivity contribution is 0.786. The van der Waals surface area contributed by atoms with E-state index in [2.05, 4.69) is 97.1 Å². The van der Waals surface area contributed by atoms with Gasteiger partial charge in [0.15, 0.2) is 0 Å². The molecule has 0 aromatic heterocycles. The Bertz CT molecular complexity index is 1110. The molecule has 0 saturated carbocycles. The van der Waals surface area contributed by atoms with Gasteiger partial charge in [-0.05, 0) is 50.9 Å². The number of rotatable bonds is 0. The maximum atomic E-state index is 2.37. The second-order valence-electron chi connectivity index (χ2n) is 7.25. The summed E-state index contributed by atoms with van der Waals surface area (Å²) in [4.78, 5) is 0. The second-order valence-corrected chi connectivity index (χ2v) is 7.25. The molecule has 1 spiro atoms. The summed E-state index contributed by atoms with van der Waals surface area (Å²) in [7, 11) is 0. The van der Waals surface area contributed by atoms with Crippen LogP contribution in [0, 0.1) is 0 Å². The molecule has 3 aromatic rings. The van der Waals surface area contributed by atoms with Crippen LogP contribution in [0.5, 0.6) is 0 Å². The van der Waals surface area contributed by atoms with Gasteiger partial charge in [0.2, 0.25) is 0 Å². The number of hydrogen-bond donors (Lipinski definition) is 0. The van der Waals surface area contributed by atoms with E-state index in [4.69, 9.17) is 0 Å². The highest BCUT2D eigenvalue weighted by atomic mass is 14.5. The third-order valence-electron chi connectivity index (χ3n) is 6.11. The third-order valence-corrected chi connectivity index (χ3v) is 6.11. The zero-order valence-corrected chi connectivity index (χ0v) is 14.4. The van der Waals surface area contributed by atoms with Gasteiger partial charge in [0.1, 0.15) is 0 Å². The van der Waals surface area contributed by atoms with Crippen LogP contribution in [0.4, 0.5) is 0 Å². The van der Waals surface area contributed by atoms with Gasteiger partial charge < -0.3 is 0 Å². The van der Waals surface area contributed by atoms with Crippen molar-refractivity contribution in [3.8, 4) is 11.1 Å². The van der Waals surface area contributed by atoms with Crippen LogP contribution in [-0.2, 0) is 5.41 Å². The standard InChI is InChI=1S/C26H18/c1-2-10-18-19-11-4-7-15-23(19)26(22(18)14-3-1)24-16-8-5-12-20(24)21-13-6-9-17-25(21)26/h2-17H,1H2. The van der Waals surface area contributed by atoms with Crippen molar-refractivity contribution in [3.05, 3.63) is 125 Å². The fraction of sp³-hybridized carbons (Fsp3) is 0.0769. The fourth-order valence-electron chi connectivity index (χ4n) is 5.20. The molecule has 0 heteroatoms. The largest absolute Gasteiger partial charge is 0.0804 e. The Hall–Kier alpha value is -3.12. The molecule has 0 nitrogen and oxygen atoms in total. The van der Waals surface area contributed by atoms with Crippen molar-refractivity contribution in [2.75, 3.05) is 0 Å². The first-order valence-corrected chi connectivity index (χ1v) is 9.29. The van der Waals surface area contributed by atoms with Crippen LogP contribution in [0.25, 0.3) is 16.7 Å². The molecule has 0 fully saturated rings. The lowest BCUT2D eigenvalue weighted by Gasteiger charge is -2.31. The van der Waals surface area contributed by atoms with Crippen LogP contribution in [-0.4, -0.2) is 0 Å². The highest BCUT2D eigenvalue weighted by molar-refractivity contribution is 5.97. The first-order valence-electron chi connectivity index (χ1n) is 9.29. The molecular weight excluding hydrogens is 312 g/mol.